The zero-order valence-corrected chi connectivity index (χ0v) is 13.7. The van der Waals surface area contributed by atoms with E-state index in [0.29, 0.717) is 6.61 Å². The first-order chi connectivity index (χ1) is 10.5. The molecule has 0 aliphatic carbocycles. The van der Waals surface area contributed by atoms with Gasteiger partial charge in [0.05, 0.1) is 12.6 Å². The molecule has 6 N–H and O–H groups in total. The molecule has 22 heavy (non-hydrogen) atoms. The second kappa shape index (κ2) is 13.2. The fourth-order valence-electron chi connectivity index (χ4n) is 2.30. The molecule has 0 amide bonds. The van der Waals surface area contributed by atoms with Crippen LogP contribution in [0, 0.1) is 0 Å². The summed E-state index contributed by atoms with van der Waals surface area (Å²) in [6.07, 6.45) is 3.00. The Morgan fingerprint density at radius 1 is 0.909 bits per heavy atom. The molecule has 0 spiro atoms. The van der Waals surface area contributed by atoms with Gasteiger partial charge in [-0.3, -0.25) is 0 Å². The Hall–Kier alpha value is -0.280. The third-order valence-corrected chi connectivity index (χ3v) is 3.75. The summed E-state index contributed by atoms with van der Waals surface area (Å²) in [5.74, 6) is 0. The van der Waals surface area contributed by atoms with Crippen molar-refractivity contribution >= 4 is 0 Å². The highest BCUT2D eigenvalue weighted by molar-refractivity contribution is 4.91. The van der Waals surface area contributed by atoms with Gasteiger partial charge in [-0.15, -0.1) is 0 Å². The summed E-state index contributed by atoms with van der Waals surface area (Å²) in [7, 11) is 1.53. The molecule has 0 bridgehead atoms. The number of hydrogen-bond donors (Lipinski definition) is 6. The van der Waals surface area contributed by atoms with Crippen LogP contribution in [0.25, 0.3) is 0 Å². The molecular weight excluding hydrogens is 290 g/mol. The summed E-state index contributed by atoms with van der Waals surface area (Å²) >= 11 is 0. The highest BCUT2D eigenvalue weighted by atomic mass is 16.6. The average molecular weight is 323 g/mol. The van der Waals surface area contributed by atoms with E-state index in [0.717, 1.165) is 6.42 Å². The van der Waals surface area contributed by atoms with Crippen LogP contribution in [0.1, 0.15) is 45.4 Å². The van der Waals surface area contributed by atoms with Crippen LogP contribution in [-0.2, 0) is 4.74 Å². The second-order valence-electron chi connectivity index (χ2n) is 5.53. The summed E-state index contributed by atoms with van der Waals surface area (Å²) in [6, 6.07) is -0.738. The van der Waals surface area contributed by atoms with Crippen LogP contribution < -0.4 is 5.32 Å². The Bertz CT molecular complexity index is 250. The SMILES string of the molecule is CCCCCCCCO.CN[C@H]1C(O)O[C@H](CO)[C@@H](O)[C@@H]1O. The lowest BCUT2D eigenvalue weighted by Crippen LogP contribution is -2.62. The van der Waals surface area contributed by atoms with E-state index >= 15 is 0 Å². The van der Waals surface area contributed by atoms with E-state index in [1.54, 1.807) is 0 Å². The Balaban J connectivity index is 0.000000433. The molecule has 134 valence electrons. The van der Waals surface area contributed by atoms with Gasteiger partial charge in [-0.1, -0.05) is 39.0 Å². The van der Waals surface area contributed by atoms with Gasteiger partial charge in [0.15, 0.2) is 6.29 Å². The lowest BCUT2D eigenvalue weighted by atomic mass is 9.97. The fraction of sp³-hybridized carbons (Fsp3) is 1.00. The molecule has 1 rings (SSSR count). The van der Waals surface area contributed by atoms with E-state index in [-0.39, 0.29) is 0 Å². The normalized spacial score (nSPS) is 31.5. The number of aliphatic hydroxyl groups is 5. The van der Waals surface area contributed by atoms with Crippen molar-refractivity contribution in [3.8, 4) is 0 Å². The number of likely N-dealkylation sites (N-methyl/N-ethyl adjacent to an activating group) is 1. The van der Waals surface area contributed by atoms with Crippen molar-refractivity contribution < 1.29 is 30.3 Å². The van der Waals surface area contributed by atoms with Crippen LogP contribution in [0.15, 0.2) is 0 Å². The molecular formula is C15H33NO6. The minimum Gasteiger partial charge on any atom is -0.396 e. The minimum atomic E-state index is -1.22. The molecule has 0 radical (unpaired) electrons. The first kappa shape index (κ1) is 21.7. The highest BCUT2D eigenvalue weighted by Gasteiger charge is 2.42. The maximum atomic E-state index is 9.45. The second-order valence-corrected chi connectivity index (χ2v) is 5.53. The number of rotatable bonds is 8. The number of aliphatic hydroxyl groups excluding tert-OH is 5. The smallest absolute Gasteiger partial charge is 0.173 e. The third kappa shape index (κ3) is 7.82. The Labute approximate surface area is 132 Å². The van der Waals surface area contributed by atoms with E-state index < -0.39 is 37.3 Å². The Morgan fingerprint density at radius 2 is 1.50 bits per heavy atom. The molecule has 1 heterocycles. The highest BCUT2D eigenvalue weighted by Crippen LogP contribution is 2.19. The van der Waals surface area contributed by atoms with Crippen molar-refractivity contribution in [1.29, 1.82) is 0 Å². The molecule has 1 fully saturated rings. The van der Waals surface area contributed by atoms with Crippen molar-refractivity contribution in [2.24, 2.45) is 0 Å². The molecule has 1 saturated heterocycles. The number of ether oxygens (including phenoxy) is 1. The van der Waals surface area contributed by atoms with E-state index in [4.69, 9.17) is 14.9 Å². The maximum absolute atomic E-state index is 9.45. The zero-order chi connectivity index (χ0) is 17.0. The fourth-order valence-corrected chi connectivity index (χ4v) is 2.30. The summed E-state index contributed by atoms with van der Waals surface area (Å²) in [4.78, 5) is 0. The van der Waals surface area contributed by atoms with Crippen LogP contribution >= 0.6 is 0 Å². The van der Waals surface area contributed by atoms with E-state index in [9.17, 15) is 15.3 Å². The quantitative estimate of drug-likeness (QED) is 0.328. The predicted molar refractivity (Wildman–Crippen MR) is 83.3 cm³/mol. The van der Waals surface area contributed by atoms with Gasteiger partial charge in [0.1, 0.15) is 18.3 Å². The van der Waals surface area contributed by atoms with Gasteiger partial charge in [0, 0.05) is 6.61 Å². The molecule has 7 heteroatoms. The van der Waals surface area contributed by atoms with Crippen LogP contribution in [0.5, 0.6) is 0 Å². The van der Waals surface area contributed by atoms with Crippen LogP contribution in [-0.4, -0.2) is 76.4 Å². The van der Waals surface area contributed by atoms with E-state index in [1.807, 2.05) is 0 Å². The van der Waals surface area contributed by atoms with Gasteiger partial charge in [-0.2, -0.15) is 0 Å². The molecule has 1 aliphatic rings. The third-order valence-electron chi connectivity index (χ3n) is 3.75. The summed E-state index contributed by atoms with van der Waals surface area (Å²) < 4.78 is 4.85. The summed E-state index contributed by atoms with van der Waals surface area (Å²) in [5, 5.41) is 47.9. The molecule has 0 saturated carbocycles. The van der Waals surface area contributed by atoms with Crippen LogP contribution in [0.4, 0.5) is 0 Å². The molecule has 0 aromatic rings. The van der Waals surface area contributed by atoms with Gasteiger partial charge in [-0.25, -0.2) is 0 Å². The van der Waals surface area contributed by atoms with Gasteiger partial charge in [-0.05, 0) is 13.5 Å². The van der Waals surface area contributed by atoms with Crippen molar-refractivity contribution in [2.45, 2.75) is 76.1 Å². The minimum absolute atomic E-state index is 0.367. The summed E-state index contributed by atoms with van der Waals surface area (Å²) in [5.41, 5.74) is 0. The van der Waals surface area contributed by atoms with Crippen molar-refractivity contribution in [2.75, 3.05) is 20.3 Å². The van der Waals surface area contributed by atoms with Crippen LogP contribution in [0.2, 0.25) is 0 Å². The van der Waals surface area contributed by atoms with Crippen molar-refractivity contribution in [3.63, 3.8) is 0 Å². The first-order valence-corrected chi connectivity index (χ1v) is 8.12. The molecule has 1 aliphatic heterocycles. The zero-order valence-electron chi connectivity index (χ0n) is 13.7. The number of hydrogen-bond acceptors (Lipinski definition) is 7. The Kier molecular flexibility index (Phi) is 13.0. The number of unbranched alkanes of at least 4 members (excludes halogenated alkanes) is 5. The van der Waals surface area contributed by atoms with Crippen molar-refractivity contribution in [1.82, 2.24) is 5.32 Å². The standard InChI is InChI=1S/C8H18O.C7H15NO5/c1-2-3-4-5-6-7-8-9;1-8-4-6(11)5(10)3(2-9)13-7(4)12/h9H,2-8H2,1H3;3-12H,2H2,1H3/t;3-,4-,5-,6-,7?/m.1/s1. The van der Waals surface area contributed by atoms with E-state index in [1.165, 1.54) is 39.2 Å². The van der Waals surface area contributed by atoms with Crippen LogP contribution in [0.3, 0.4) is 0 Å². The lowest BCUT2D eigenvalue weighted by molar-refractivity contribution is -0.253. The molecule has 5 atom stereocenters. The Morgan fingerprint density at radius 3 is 2.00 bits per heavy atom. The number of nitrogens with one attached hydrogen (secondary N) is 1. The molecule has 0 aromatic heterocycles. The topological polar surface area (TPSA) is 122 Å². The van der Waals surface area contributed by atoms with Gasteiger partial charge >= 0.3 is 0 Å². The predicted octanol–water partition coefficient (Wildman–Crippen LogP) is -0.655. The largest absolute Gasteiger partial charge is 0.396 e. The molecule has 7 nitrogen and oxygen atoms in total. The average Bonchev–Trinajstić information content (AvgIpc) is 2.52. The molecule has 0 aromatic carbocycles. The lowest BCUT2D eigenvalue weighted by Gasteiger charge is -2.39. The molecule has 1 unspecified atom stereocenters. The monoisotopic (exact) mass is 323 g/mol. The first-order valence-electron chi connectivity index (χ1n) is 8.12. The van der Waals surface area contributed by atoms with Crippen molar-refractivity contribution in [3.05, 3.63) is 0 Å². The van der Waals surface area contributed by atoms with Gasteiger partial charge < -0.3 is 35.6 Å². The summed E-state index contributed by atoms with van der Waals surface area (Å²) in [6.45, 7) is 2.14. The van der Waals surface area contributed by atoms with Gasteiger partial charge in [0.25, 0.3) is 0 Å². The van der Waals surface area contributed by atoms with E-state index in [2.05, 4.69) is 12.2 Å². The maximum Gasteiger partial charge on any atom is 0.173 e. The van der Waals surface area contributed by atoms with Gasteiger partial charge in [0.2, 0.25) is 0 Å².